The molecule has 2 rings (SSSR count). The zero-order valence-electron chi connectivity index (χ0n) is 12.4. The number of hydrogen-bond acceptors (Lipinski definition) is 3. The smallest absolute Gasteiger partial charge is 0.223 e. The van der Waals surface area contributed by atoms with Crippen molar-refractivity contribution >= 4 is 15.9 Å². The van der Waals surface area contributed by atoms with Gasteiger partial charge >= 0.3 is 0 Å². The Balaban J connectivity index is 2.03. The quantitative estimate of drug-likeness (QED) is 0.802. The molecule has 1 saturated carbocycles. The first-order valence-electron chi connectivity index (χ1n) is 7.22. The number of benzene rings is 1. The van der Waals surface area contributed by atoms with Crippen LogP contribution in [-0.4, -0.2) is 20.4 Å². The molecule has 6 heteroatoms. The zero-order chi connectivity index (χ0) is 15.5. The van der Waals surface area contributed by atoms with Crippen LogP contribution in [0, 0.1) is 5.92 Å². The molecule has 21 heavy (non-hydrogen) atoms. The topological polar surface area (TPSA) is 75.3 Å². The van der Waals surface area contributed by atoms with Crippen LogP contribution in [0.5, 0.6) is 0 Å². The first-order valence-corrected chi connectivity index (χ1v) is 8.87. The lowest BCUT2D eigenvalue weighted by Crippen LogP contribution is -2.32. The van der Waals surface area contributed by atoms with Crippen molar-refractivity contribution in [2.45, 2.75) is 45.0 Å². The molecular weight excluding hydrogens is 288 g/mol. The number of nitrogens with one attached hydrogen (secondary N) is 2. The van der Waals surface area contributed by atoms with Crippen LogP contribution in [0.25, 0.3) is 0 Å². The van der Waals surface area contributed by atoms with E-state index < -0.39 is 10.0 Å². The van der Waals surface area contributed by atoms with Crippen LogP contribution < -0.4 is 10.0 Å². The lowest BCUT2D eigenvalue weighted by atomic mass is 10.1. The second-order valence-electron chi connectivity index (χ2n) is 5.79. The highest BCUT2D eigenvalue weighted by atomic mass is 32.2. The summed E-state index contributed by atoms with van der Waals surface area (Å²) in [5.74, 6) is 0.150. The number of hydrogen-bond donors (Lipinski definition) is 2. The van der Waals surface area contributed by atoms with E-state index in [4.69, 9.17) is 0 Å². The van der Waals surface area contributed by atoms with E-state index in [2.05, 4.69) is 10.0 Å². The minimum Gasteiger partial charge on any atom is -0.352 e. The number of rotatable bonds is 7. The summed E-state index contributed by atoms with van der Waals surface area (Å²) in [6.45, 7) is 3.96. The van der Waals surface area contributed by atoms with Crippen LogP contribution >= 0.6 is 0 Å². The minimum atomic E-state index is -3.36. The highest BCUT2D eigenvalue weighted by molar-refractivity contribution is 7.88. The maximum atomic E-state index is 12.0. The van der Waals surface area contributed by atoms with Gasteiger partial charge in [-0.15, -0.1) is 0 Å². The Bertz CT molecular complexity index is 607. The highest BCUT2D eigenvalue weighted by Gasteiger charge is 2.29. The average molecular weight is 310 g/mol. The number of sulfonamides is 1. The molecule has 1 amide bonds. The van der Waals surface area contributed by atoms with Gasteiger partial charge in [-0.25, -0.2) is 13.1 Å². The fourth-order valence-corrected chi connectivity index (χ4v) is 3.64. The fourth-order valence-electron chi connectivity index (χ4n) is 2.15. The molecule has 5 nitrogen and oxygen atoms in total. The van der Waals surface area contributed by atoms with Crippen LogP contribution in [0.15, 0.2) is 24.3 Å². The lowest BCUT2D eigenvalue weighted by Gasteiger charge is -2.13. The summed E-state index contributed by atoms with van der Waals surface area (Å²) in [7, 11) is -3.36. The number of carbonyl (C=O) groups excluding carboxylic acids is 1. The third kappa shape index (κ3) is 5.13. The van der Waals surface area contributed by atoms with Crippen molar-refractivity contribution in [3.8, 4) is 0 Å². The molecule has 0 aromatic heterocycles. The second kappa shape index (κ2) is 6.58. The predicted molar refractivity (Wildman–Crippen MR) is 81.9 cm³/mol. The van der Waals surface area contributed by atoms with E-state index in [0.29, 0.717) is 6.54 Å². The normalized spacial score (nSPS) is 15.2. The SMILES string of the molecule is CC(C)NS(=O)(=O)Cc1ccccc1CNC(=O)C1CC1. The summed E-state index contributed by atoms with van der Waals surface area (Å²) in [4.78, 5) is 11.7. The van der Waals surface area contributed by atoms with E-state index in [1.165, 1.54) is 0 Å². The maximum Gasteiger partial charge on any atom is 0.223 e. The Kier molecular flexibility index (Phi) is 5.00. The Morgan fingerprint density at radius 3 is 2.43 bits per heavy atom. The van der Waals surface area contributed by atoms with Crippen LogP contribution in [0.3, 0.4) is 0 Å². The lowest BCUT2D eigenvalue weighted by molar-refractivity contribution is -0.122. The van der Waals surface area contributed by atoms with Gasteiger partial charge in [-0.05, 0) is 37.8 Å². The summed E-state index contributed by atoms with van der Waals surface area (Å²) in [6.07, 6.45) is 1.92. The van der Waals surface area contributed by atoms with Crippen molar-refractivity contribution in [3.05, 3.63) is 35.4 Å². The molecule has 1 aliphatic carbocycles. The predicted octanol–water partition coefficient (Wildman–Crippen LogP) is 1.54. The molecule has 0 heterocycles. The van der Waals surface area contributed by atoms with Gasteiger partial charge in [-0.3, -0.25) is 4.79 Å². The molecule has 1 fully saturated rings. The Morgan fingerprint density at radius 2 is 1.86 bits per heavy atom. The average Bonchev–Trinajstić information content (AvgIpc) is 3.19. The molecule has 1 aromatic rings. The van der Waals surface area contributed by atoms with Crippen molar-refractivity contribution in [2.24, 2.45) is 5.92 Å². The van der Waals surface area contributed by atoms with Crippen molar-refractivity contribution in [3.63, 3.8) is 0 Å². The molecular formula is C15H22N2O3S. The van der Waals surface area contributed by atoms with Crippen LogP contribution in [0.2, 0.25) is 0 Å². The monoisotopic (exact) mass is 310 g/mol. The van der Waals surface area contributed by atoms with Crippen molar-refractivity contribution in [1.29, 1.82) is 0 Å². The molecule has 1 aliphatic rings. The van der Waals surface area contributed by atoms with E-state index in [9.17, 15) is 13.2 Å². The first kappa shape index (κ1) is 16.0. The van der Waals surface area contributed by atoms with Gasteiger partial charge in [0.2, 0.25) is 15.9 Å². The van der Waals surface area contributed by atoms with Crippen molar-refractivity contribution in [1.82, 2.24) is 10.0 Å². The summed E-state index contributed by atoms with van der Waals surface area (Å²) in [5.41, 5.74) is 1.57. The van der Waals surface area contributed by atoms with Gasteiger partial charge in [0.1, 0.15) is 0 Å². The molecule has 0 radical (unpaired) electrons. The Hall–Kier alpha value is -1.40. The maximum absolute atomic E-state index is 12.0. The fraction of sp³-hybridized carbons (Fsp3) is 0.533. The zero-order valence-corrected chi connectivity index (χ0v) is 13.2. The molecule has 116 valence electrons. The molecule has 0 aliphatic heterocycles. The molecule has 1 aromatic carbocycles. The molecule has 0 spiro atoms. The van der Waals surface area contributed by atoms with Gasteiger partial charge < -0.3 is 5.32 Å². The van der Waals surface area contributed by atoms with Gasteiger partial charge in [-0.1, -0.05) is 24.3 Å². The number of carbonyl (C=O) groups is 1. The third-order valence-electron chi connectivity index (χ3n) is 3.28. The van der Waals surface area contributed by atoms with Gasteiger partial charge in [0.25, 0.3) is 0 Å². The first-order chi connectivity index (χ1) is 9.87. The van der Waals surface area contributed by atoms with E-state index >= 15 is 0 Å². The summed E-state index contributed by atoms with van der Waals surface area (Å²) >= 11 is 0. The van der Waals surface area contributed by atoms with E-state index in [1.54, 1.807) is 19.9 Å². The largest absolute Gasteiger partial charge is 0.352 e. The van der Waals surface area contributed by atoms with Crippen LogP contribution in [0.1, 0.15) is 37.8 Å². The molecule has 0 bridgehead atoms. The summed E-state index contributed by atoms with van der Waals surface area (Å²) < 4.78 is 26.6. The van der Waals surface area contributed by atoms with Crippen molar-refractivity contribution in [2.75, 3.05) is 0 Å². The van der Waals surface area contributed by atoms with Crippen molar-refractivity contribution < 1.29 is 13.2 Å². The van der Waals surface area contributed by atoms with E-state index in [-0.39, 0.29) is 23.6 Å². The second-order valence-corrected chi connectivity index (χ2v) is 7.55. The van der Waals surface area contributed by atoms with E-state index in [0.717, 1.165) is 24.0 Å². The van der Waals surface area contributed by atoms with Crippen LogP contribution in [0.4, 0.5) is 0 Å². The number of amides is 1. The molecule has 0 atom stereocenters. The van der Waals surface area contributed by atoms with Crippen LogP contribution in [-0.2, 0) is 27.1 Å². The third-order valence-corrected chi connectivity index (χ3v) is 4.80. The molecule has 0 saturated heterocycles. The standard InChI is InChI=1S/C15H22N2O3S/c1-11(2)17-21(19,20)10-14-6-4-3-5-13(14)9-16-15(18)12-7-8-12/h3-6,11-12,17H,7-10H2,1-2H3,(H,16,18). The van der Waals surface area contributed by atoms with Gasteiger partial charge in [-0.2, -0.15) is 0 Å². The minimum absolute atomic E-state index is 0.0629. The Labute approximate surface area is 126 Å². The molecule has 2 N–H and O–H groups in total. The Morgan fingerprint density at radius 1 is 1.24 bits per heavy atom. The molecule has 0 unspecified atom stereocenters. The summed E-state index contributed by atoms with van der Waals surface area (Å²) in [5, 5.41) is 2.87. The highest BCUT2D eigenvalue weighted by Crippen LogP contribution is 2.28. The summed E-state index contributed by atoms with van der Waals surface area (Å²) in [6, 6.07) is 7.18. The van der Waals surface area contributed by atoms with Gasteiger partial charge in [0.05, 0.1) is 5.75 Å². The van der Waals surface area contributed by atoms with Gasteiger partial charge in [0.15, 0.2) is 0 Å². The van der Waals surface area contributed by atoms with E-state index in [1.807, 2.05) is 18.2 Å². The van der Waals surface area contributed by atoms with Gasteiger partial charge in [0, 0.05) is 18.5 Å².